The maximum absolute atomic E-state index is 15.4. The first-order valence-electron chi connectivity index (χ1n) is 35.0. The van der Waals surface area contributed by atoms with Crippen molar-refractivity contribution in [2.24, 2.45) is 40.9 Å². The molecular formula is C71H130N12O13S. The van der Waals surface area contributed by atoms with Gasteiger partial charge in [0.2, 0.25) is 65.0 Å². The molecule has 7 N–H and O–H groups in total. The Balaban J connectivity index is 4.57. The van der Waals surface area contributed by atoms with E-state index < -0.39 is 161 Å². The highest BCUT2D eigenvalue weighted by atomic mass is 32.2. The topological polar surface area (TPSA) is 311 Å². The molecule has 0 aromatic rings. The maximum atomic E-state index is 15.4. The molecular weight excluding hydrogens is 1260 g/mol. The molecule has 0 aromatic carbocycles. The molecule has 1 aliphatic heterocycles. The van der Waals surface area contributed by atoms with E-state index in [2.05, 4.69) is 47.4 Å². The van der Waals surface area contributed by atoms with Gasteiger partial charge in [-0.3, -0.25) is 52.7 Å². The minimum absolute atomic E-state index is 0.0158. The molecule has 1 heterocycles. The number of aliphatic hydroxyl groups excluding tert-OH is 1. The van der Waals surface area contributed by atoms with Gasteiger partial charge in [-0.05, 0) is 133 Å². The first-order chi connectivity index (χ1) is 44.6. The summed E-state index contributed by atoms with van der Waals surface area (Å²) in [4.78, 5) is 173. The molecule has 558 valence electrons. The molecule has 1 aliphatic rings. The van der Waals surface area contributed by atoms with Crippen LogP contribution in [0.4, 0.5) is 0 Å². The van der Waals surface area contributed by atoms with Crippen LogP contribution in [0.2, 0.25) is 0 Å². The predicted molar refractivity (Wildman–Crippen MR) is 383 cm³/mol. The van der Waals surface area contributed by atoms with Crippen LogP contribution in [0.15, 0.2) is 12.2 Å². The first-order valence-corrected chi connectivity index (χ1v) is 36.2. The van der Waals surface area contributed by atoms with Gasteiger partial charge in [0, 0.05) is 61.5 Å². The van der Waals surface area contributed by atoms with Crippen molar-refractivity contribution in [3.8, 4) is 0 Å². The zero-order valence-electron chi connectivity index (χ0n) is 64.2. The molecule has 25 nitrogen and oxygen atoms in total. The number of rotatable bonds is 22. The lowest BCUT2D eigenvalue weighted by atomic mass is 9.91. The average Bonchev–Trinajstić information content (AvgIpc) is 0.812. The lowest BCUT2D eigenvalue weighted by molar-refractivity contribution is -0.157. The number of amides is 11. The molecule has 11 amide bonds. The summed E-state index contributed by atoms with van der Waals surface area (Å²) in [6.45, 7) is 36.8. The lowest BCUT2D eigenvalue weighted by Gasteiger charge is -2.41. The highest BCUT2D eigenvalue weighted by Crippen LogP contribution is 2.27. The standard InChI is InChI=1S/C71H130N12O13S/c1-28-30-32-46(13)58(84)57-62(88)75-49(29-2)64(90)81(25)54(39-97-34-31-33-72-40-70(16,17)18)67(93)80(24)53(38-71(19,20)96)61(87)76-55(44(9)10)68(94)77(21)50(35-41(3)4)60(86)73-47(14)59(85)74-48(15)63(89)78(22)51(36-42(5)6)65(91)79(23)52(37-43(7)8)66(92)82(26)56(45(11)12)69(95)83(57)27/h28,30,41-58,72,84,96H,29,31-40H2,1-27H3,(H,73,86)(H,74,85)(H,75,88)(H,76,87)/b30-28+/t46-,47+,48-,49+,50+,51+,52+,53+,54-,55+,56+,57+,58-/m1/s1. The number of hydrogen-bond donors (Lipinski definition) is 7. The number of allylic oxidation sites excluding steroid dienone is 2. The fourth-order valence-corrected chi connectivity index (χ4v) is 13.0. The molecule has 1 saturated heterocycles. The lowest BCUT2D eigenvalue weighted by Crippen LogP contribution is -2.64. The maximum Gasteiger partial charge on any atom is 0.246 e. The molecule has 0 saturated carbocycles. The largest absolute Gasteiger partial charge is 0.390 e. The second kappa shape index (κ2) is 40.4. The third kappa shape index (κ3) is 27.3. The number of nitrogens with zero attached hydrogens (tertiary/aromatic N) is 7. The van der Waals surface area contributed by atoms with Gasteiger partial charge in [-0.2, -0.15) is 11.8 Å². The Labute approximate surface area is 586 Å². The van der Waals surface area contributed by atoms with Crippen LogP contribution in [-0.4, -0.2) is 262 Å². The Bertz CT molecular complexity index is 2640. The van der Waals surface area contributed by atoms with Crippen molar-refractivity contribution >= 4 is 76.7 Å². The van der Waals surface area contributed by atoms with Crippen LogP contribution >= 0.6 is 11.8 Å². The van der Waals surface area contributed by atoms with E-state index in [1.165, 1.54) is 113 Å². The fourth-order valence-electron chi connectivity index (χ4n) is 11.9. The van der Waals surface area contributed by atoms with Crippen LogP contribution in [-0.2, 0) is 52.7 Å². The summed E-state index contributed by atoms with van der Waals surface area (Å²) in [6.07, 6.45) is 3.05. The Morgan fingerprint density at radius 3 is 1.43 bits per heavy atom. The molecule has 0 spiro atoms. The minimum Gasteiger partial charge on any atom is -0.390 e. The molecule has 0 bridgehead atoms. The molecule has 97 heavy (non-hydrogen) atoms. The van der Waals surface area contributed by atoms with Crippen molar-refractivity contribution in [1.29, 1.82) is 0 Å². The fraction of sp³-hybridized carbons (Fsp3) is 0.817. The molecule has 26 heteroatoms. The summed E-state index contributed by atoms with van der Waals surface area (Å²) >= 11 is 1.39. The van der Waals surface area contributed by atoms with Crippen molar-refractivity contribution in [2.75, 3.05) is 73.9 Å². The third-order valence-corrected chi connectivity index (χ3v) is 19.1. The molecule has 0 aromatic heterocycles. The molecule has 0 aliphatic carbocycles. The number of carbonyl (C=O) groups is 11. The summed E-state index contributed by atoms with van der Waals surface area (Å²) in [5, 5.41) is 38.3. The minimum atomic E-state index is -1.66. The number of likely N-dealkylation sites (N-methyl/N-ethyl adjacent to an activating group) is 7. The number of hydrogen-bond acceptors (Lipinski definition) is 15. The van der Waals surface area contributed by atoms with Crippen molar-refractivity contribution < 1.29 is 63.0 Å². The van der Waals surface area contributed by atoms with Crippen LogP contribution in [0.1, 0.15) is 183 Å². The molecule has 0 radical (unpaired) electrons. The zero-order chi connectivity index (χ0) is 75.2. The number of thioether (sulfide) groups is 1. The summed E-state index contributed by atoms with van der Waals surface area (Å²) in [5.74, 6) is -9.71. The smallest absolute Gasteiger partial charge is 0.246 e. The van der Waals surface area contributed by atoms with Crippen LogP contribution in [0.3, 0.4) is 0 Å². The van der Waals surface area contributed by atoms with Gasteiger partial charge in [0.05, 0.1) is 11.7 Å². The van der Waals surface area contributed by atoms with Crippen LogP contribution in [0.25, 0.3) is 0 Å². The molecule has 0 unspecified atom stereocenters. The number of aliphatic hydroxyl groups is 2. The van der Waals surface area contributed by atoms with Crippen LogP contribution < -0.4 is 26.6 Å². The summed E-state index contributed by atoms with van der Waals surface area (Å²) in [7, 11) is 9.89. The molecule has 1 fully saturated rings. The number of carbonyl (C=O) groups excluding carboxylic acids is 11. The monoisotopic (exact) mass is 1390 g/mol. The van der Waals surface area contributed by atoms with Gasteiger partial charge in [0.25, 0.3) is 0 Å². The van der Waals surface area contributed by atoms with Crippen molar-refractivity contribution in [3.63, 3.8) is 0 Å². The molecule has 1 rings (SSSR count). The van der Waals surface area contributed by atoms with E-state index in [4.69, 9.17) is 0 Å². The van der Waals surface area contributed by atoms with Crippen molar-refractivity contribution in [2.45, 2.75) is 262 Å². The SMILES string of the molecule is C/C=C/C[C@@H](C)[C@@H](O)[C@H]1C(=O)N[C@@H](CC)C(=O)N(C)[C@H](CSCCCNCC(C)(C)C)C(=O)N(C)[C@@H](CC(C)(C)O)C(=O)N[C@@H](C(C)C)C(=O)N(C)[C@@H](CC(C)C)C(=O)N[C@@H](C)C(=O)N[C@H](C)C(=O)N(C)[C@@H](CC(C)C)C(=O)N(C)[C@@H](CC(C)C)C(=O)N(C)[C@@H](C(C)C)C(=O)N1C. The van der Waals surface area contributed by atoms with Gasteiger partial charge in [-0.15, -0.1) is 0 Å². The summed E-state index contributed by atoms with van der Waals surface area (Å²) < 4.78 is 0. The Hall–Kier alpha value is -5.86. The van der Waals surface area contributed by atoms with Crippen LogP contribution in [0.5, 0.6) is 0 Å². The van der Waals surface area contributed by atoms with E-state index in [0.717, 1.165) is 16.3 Å². The van der Waals surface area contributed by atoms with Crippen molar-refractivity contribution in [3.05, 3.63) is 12.2 Å². The summed E-state index contributed by atoms with van der Waals surface area (Å²) in [6, 6.07) is -14.4. The van der Waals surface area contributed by atoms with Gasteiger partial charge in [0.15, 0.2) is 0 Å². The first kappa shape index (κ1) is 89.2. The van der Waals surface area contributed by atoms with E-state index in [0.29, 0.717) is 18.7 Å². The highest BCUT2D eigenvalue weighted by molar-refractivity contribution is 7.99. The zero-order valence-corrected chi connectivity index (χ0v) is 65.1. The quantitative estimate of drug-likeness (QED) is 0.0580. The Morgan fingerprint density at radius 1 is 0.515 bits per heavy atom. The summed E-state index contributed by atoms with van der Waals surface area (Å²) in [5.41, 5.74) is -1.56. The second-order valence-corrected chi connectivity index (χ2v) is 32.0. The van der Waals surface area contributed by atoms with Gasteiger partial charge in [0.1, 0.15) is 66.5 Å². The second-order valence-electron chi connectivity index (χ2n) is 30.9. The van der Waals surface area contributed by atoms with E-state index in [-0.39, 0.29) is 67.4 Å². The average molecular weight is 1390 g/mol. The van der Waals surface area contributed by atoms with E-state index >= 15 is 33.6 Å². The Morgan fingerprint density at radius 2 is 0.959 bits per heavy atom. The van der Waals surface area contributed by atoms with Gasteiger partial charge in [-0.25, -0.2) is 0 Å². The Kier molecular flexibility index (Phi) is 37.1. The normalized spacial score (nSPS) is 26.1. The van der Waals surface area contributed by atoms with Gasteiger partial charge in [-0.1, -0.05) is 116 Å². The van der Waals surface area contributed by atoms with Gasteiger partial charge < -0.3 is 71.1 Å². The number of nitrogens with one attached hydrogen (secondary N) is 5. The van der Waals surface area contributed by atoms with E-state index in [1.54, 1.807) is 54.5 Å². The van der Waals surface area contributed by atoms with Gasteiger partial charge >= 0.3 is 0 Å². The van der Waals surface area contributed by atoms with E-state index in [1.807, 2.05) is 47.6 Å². The van der Waals surface area contributed by atoms with E-state index in [9.17, 15) is 29.4 Å². The van der Waals surface area contributed by atoms with Crippen LogP contribution in [0, 0.1) is 40.9 Å². The third-order valence-electron chi connectivity index (χ3n) is 18.0. The molecule has 13 atom stereocenters. The predicted octanol–water partition coefficient (Wildman–Crippen LogP) is 4.51. The highest BCUT2D eigenvalue weighted by Gasteiger charge is 2.47. The van der Waals surface area contributed by atoms with Crippen molar-refractivity contribution in [1.82, 2.24) is 60.9 Å².